The summed E-state index contributed by atoms with van der Waals surface area (Å²) in [4.78, 5) is 279. The van der Waals surface area contributed by atoms with E-state index in [9.17, 15) is 122 Å². The van der Waals surface area contributed by atoms with Gasteiger partial charge in [-0.15, -0.1) is 5.10 Å². The van der Waals surface area contributed by atoms with Crippen LogP contribution in [0.25, 0.3) is 11.2 Å². The lowest BCUT2D eigenvalue weighted by Gasteiger charge is -2.32. The Morgan fingerprint density at radius 2 is 1.15 bits per heavy atom. The number of hydrogen-bond acceptors (Lipinski definition) is 33. The Kier molecular flexibility index (Phi) is 41.5. The molecule has 7 aromatic rings. The maximum Gasteiger partial charge on any atom is 0.326 e. The number of aromatic amines is 3. The summed E-state index contributed by atoms with van der Waals surface area (Å²) in [5.74, 6) is -18.5. The number of nitrogens with two attached hydrogens (primary N) is 1. The first-order valence-corrected chi connectivity index (χ1v) is 44.5. The van der Waals surface area contributed by atoms with E-state index in [2.05, 4.69) is 119 Å². The SMILES string of the molecule is C[C@H](O)[C@H]1NC(=O)[C@@H](Cc2cnc[nH]2)NC(=O)[C@@H](CO)NC(=O)[C@@H](Cc2cnc[nH]2)NC(=O)[C@@H](NC(=O)CC[C@H](NC(=O)c2ccc(NCc3cnc4nc(N)[nH]c(=O)c4n3)cc2)C(=O)O)Cc2cn(nn2)CCCC[C@@H](C(=O)NCC(=O)N[C@@H](Cc2ccccc2)C(=O)N[C@@H](CCCCNC(=O)CN2CCN(CC(=O)O)CCN(CC(=O)O)CCN(CC(=O)O)CC2)C(=O)O)NC(=O)[C@@H](C)NC1=O. The Morgan fingerprint density at radius 1 is 0.576 bits per heavy atom. The fourth-order valence-electron chi connectivity index (χ4n) is 14.7. The van der Waals surface area contributed by atoms with Crippen LogP contribution in [-0.4, -0.2) is 376 Å². The number of rotatable bonds is 38. The van der Waals surface area contributed by atoms with Crippen molar-refractivity contribution in [3.8, 4) is 0 Å². The van der Waals surface area contributed by atoms with Gasteiger partial charge in [0.1, 0.15) is 60.4 Å². The molecule has 25 N–H and O–H groups in total. The predicted octanol–water partition coefficient (Wildman–Crippen LogP) is -8.22. The standard InChI is InChI=1S/C85H115N29O25/c1-47-73(126)99-56(75(128)92-38-65(118)98-59(30-49-10-4-3-5-11-49)76(129)101-57(83(136)137)13-6-8-20-89-66(119)40-110-22-24-111(41-67(120)121)26-28-113(43-69(124)125)29-27-112(25-23-110)42-68(122)123)12-7-9-21-114-39-54(108-109-114)33-60(97-64(117)19-18-58(84(138)139)100-74(127)50-14-16-51(17-15-50)90-36-55-37-91-72-71(96-55)82(135)107-85(86)106-72)77(130)102-61(31-52-34-87-45-93-52)78(131)104-63(44-115)80(133)103-62(32-53-35-88-46-94-53)79(132)105-70(48(2)116)81(134)95-47/h3-5,10-11,14-17,34-35,37,39,45-48,56-63,70,90,115-116H,6-9,12-13,18-33,36,38,40-44H2,1-2H3,(H,87,93)(H,88,94)(H,89,119)(H,92,128)(H,95,134)(H,97,117)(H,98,118)(H,99,126)(H,100,127)(H,101,129)(H,102,130)(H,103,133)(H,104,131)(H,105,132)(H,120,121)(H,122,123)(H,124,125)(H,136,137)(H,138,139)(H3,86,91,106,107,135)/t47-,48+,56+,57+,58+,59+,60+,61-,62-,63-,70-/m1/s1. The molecule has 12 amide bonds. The largest absolute Gasteiger partial charge is 0.480 e. The van der Waals surface area contributed by atoms with Crippen molar-refractivity contribution in [1.82, 2.24) is 138 Å². The number of carbonyl (C=O) groups excluding carboxylic acids is 12. The van der Waals surface area contributed by atoms with Gasteiger partial charge in [0.15, 0.2) is 11.2 Å². The number of nitrogens with zero attached hydrogens (tertiary/aromatic N) is 12. The maximum absolute atomic E-state index is 14.9. The number of nitrogens with one attached hydrogen (secondary N) is 16. The number of anilines is 2. The van der Waals surface area contributed by atoms with Gasteiger partial charge in [-0.2, -0.15) is 4.98 Å². The van der Waals surface area contributed by atoms with Gasteiger partial charge in [-0.25, -0.2) is 29.5 Å². The third kappa shape index (κ3) is 36.0. The average molecular weight is 1940 g/mol. The number of unbranched alkanes of at least 4 members (excludes halogenated alkanes) is 1. The van der Waals surface area contributed by atoms with Crippen LogP contribution in [0.1, 0.15) is 104 Å². The smallest absolute Gasteiger partial charge is 0.326 e. The van der Waals surface area contributed by atoms with Gasteiger partial charge in [0.2, 0.25) is 70.9 Å². The fourth-order valence-corrected chi connectivity index (χ4v) is 14.7. The number of imidazole rings is 2. The molecular formula is C85H115N29O25. The van der Waals surface area contributed by atoms with Crippen molar-refractivity contribution in [2.45, 2.75) is 171 Å². The first-order valence-electron chi connectivity index (χ1n) is 44.5. The molecule has 0 unspecified atom stereocenters. The van der Waals surface area contributed by atoms with Gasteiger partial charge in [0, 0.05) is 139 Å². The molecule has 2 aliphatic heterocycles. The number of aryl methyl sites for hydroxylation is 1. The second-order valence-corrected chi connectivity index (χ2v) is 33.1. The highest BCUT2D eigenvalue weighted by molar-refractivity contribution is 6.00. The Hall–Kier alpha value is -15.4. The zero-order valence-electron chi connectivity index (χ0n) is 75.9. The summed E-state index contributed by atoms with van der Waals surface area (Å²) < 4.78 is 1.31. The summed E-state index contributed by atoms with van der Waals surface area (Å²) in [6.45, 7) is 0.395. The number of hydrogen-bond donors (Lipinski definition) is 24. The van der Waals surface area contributed by atoms with E-state index in [0.29, 0.717) is 16.9 Å². The van der Waals surface area contributed by atoms with Crippen LogP contribution in [0.3, 0.4) is 0 Å². The highest BCUT2D eigenvalue weighted by atomic mass is 16.4. The molecule has 139 heavy (non-hydrogen) atoms. The number of nitrogen functional groups attached to an aromatic ring is 1. The number of aliphatic carboxylic acids is 5. The van der Waals surface area contributed by atoms with E-state index in [1.807, 2.05) is 0 Å². The molecule has 0 aliphatic carbocycles. The van der Waals surface area contributed by atoms with Crippen molar-refractivity contribution in [2.75, 3.05) is 109 Å². The second-order valence-electron chi connectivity index (χ2n) is 33.1. The van der Waals surface area contributed by atoms with Crippen LogP contribution in [0, 0.1) is 0 Å². The Bertz CT molecular complexity index is 5430. The van der Waals surface area contributed by atoms with Crippen molar-refractivity contribution in [3.05, 3.63) is 136 Å². The lowest BCUT2D eigenvalue weighted by Crippen LogP contribution is -2.62. The molecule has 9 rings (SSSR count). The number of aliphatic hydroxyl groups is 2. The second kappa shape index (κ2) is 53.8. The summed E-state index contributed by atoms with van der Waals surface area (Å²) >= 11 is 0. The molecular weight excluding hydrogens is 1830 g/mol. The molecule has 2 aliphatic rings. The third-order valence-corrected chi connectivity index (χ3v) is 22.2. The highest BCUT2D eigenvalue weighted by Gasteiger charge is 2.38. The molecule has 54 nitrogen and oxygen atoms in total. The minimum absolute atomic E-state index is 0.00177. The van der Waals surface area contributed by atoms with Crippen LogP contribution in [0.4, 0.5) is 11.6 Å². The molecule has 54 heteroatoms. The average Bonchev–Trinajstić information content (AvgIpc) is 1.26. The van der Waals surface area contributed by atoms with Gasteiger partial charge < -0.3 is 121 Å². The molecule has 1 fully saturated rings. The molecule has 0 radical (unpaired) electrons. The molecule has 7 heterocycles. The molecule has 11 atom stereocenters. The Labute approximate surface area is 791 Å². The van der Waals surface area contributed by atoms with Gasteiger partial charge in [-0.05, 0) is 88.6 Å². The van der Waals surface area contributed by atoms with Crippen LogP contribution >= 0.6 is 0 Å². The maximum atomic E-state index is 14.9. The van der Waals surface area contributed by atoms with E-state index in [-0.39, 0.29) is 183 Å². The quantitative estimate of drug-likeness (QED) is 0.0160. The molecule has 750 valence electrons. The van der Waals surface area contributed by atoms with Crippen LogP contribution in [0.5, 0.6) is 0 Å². The van der Waals surface area contributed by atoms with Gasteiger partial charge in [0.25, 0.3) is 11.5 Å². The normalized spacial score (nSPS) is 19.7. The van der Waals surface area contributed by atoms with Crippen molar-refractivity contribution in [2.24, 2.45) is 0 Å². The van der Waals surface area contributed by atoms with Gasteiger partial charge in [-0.3, -0.25) is 106 Å². The monoisotopic (exact) mass is 1940 g/mol. The number of H-pyrrole nitrogens is 3. The van der Waals surface area contributed by atoms with Crippen LogP contribution < -0.4 is 80.4 Å². The van der Waals surface area contributed by atoms with Gasteiger partial charge in [0.05, 0.1) is 82.2 Å². The summed E-state index contributed by atoms with van der Waals surface area (Å²) in [7, 11) is 0. The van der Waals surface area contributed by atoms with Crippen LogP contribution in [-0.2, 0) is 115 Å². The van der Waals surface area contributed by atoms with Crippen molar-refractivity contribution in [3.63, 3.8) is 0 Å². The minimum Gasteiger partial charge on any atom is -0.480 e. The molecule has 2 aromatic carbocycles. The van der Waals surface area contributed by atoms with Gasteiger partial charge >= 0.3 is 29.8 Å². The molecule has 5 aromatic heterocycles. The Morgan fingerprint density at radius 3 is 1.73 bits per heavy atom. The lowest BCUT2D eigenvalue weighted by molar-refractivity contribution is -0.142. The summed E-state index contributed by atoms with van der Waals surface area (Å²) in [5, 5.41) is 113. The number of aromatic nitrogens is 11. The van der Waals surface area contributed by atoms with Crippen molar-refractivity contribution in [1.29, 1.82) is 0 Å². The zero-order chi connectivity index (χ0) is 101. The molecule has 0 spiro atoms. The van der Waals surface area contributed by atoms with Crippen molar-refractivity contribution >= 4 is 124 Å². The zero-order valence-corrected chi connectivity index (χ0v) is 75.9. The fraction of sp³-hybridized carbons (Fsp3) is 0.494. The predicted molar refractivity (Wildman–Crippen MR) is 485 cm³/mol. The Balaban J connectivity index is 0.882. The van der Waals surface area contributed by atoms with Crippen LogP contribution in [0.2, 0.25) is 0 Å². The number of aliphatic hydroxyl groups excluding tert-OH is 2. The number of amides is 12. The third-order valence-electron chi connectivity index (χ3n) is 22.2. The number of carboxylic acids is 5. The van der Waals surface area contributed by atoms with E-state index >= 15 is 0 Å². The van der Waals surface area contributed by atoms with E-state index in [1.54, 1.807) is 49.9 Å². The summed E-state index contributed by atoms with van der Waals surface area (Å²) in [5.41, 5.74) is 6.78. The number of carbonyl (C=O) groups is 17. The van der Waals surface area contributed by atoms with Gasteiger partial charge in [-0.1, -0.05) is 35.5 Å². The molecule has 0 saturated carbocycles. The lowest BCUT2D eigenvalue weighted by atomic mass is 10.0. The highest BCUT2D eigenvalue weighted by Crippen LogP contribution is 2.17. The first-order chi connectivity index (χ1) is 66.4. The van der Waals surface area contributed by atoms with E-state index in [0.717, 1.165) is 6.92 Å². The summed E-state index contributed by atoms with van der Waals surface area (Å²) in [6.07, 6.45) is 3.43. The number of carboxylic acid groups (broad SMARTS) is 5. The number of fused-ring (bicyclic) bond motifs is 3. The first kappa shape index (κ1) is 107. The van der Waals surface area contributed by atoms with E-state index in [4.69, 9.17) is 5.73 Å². The van der Waals surface area contributed by atoms with E-state index in [1.165, 1.54) is 73.3 Å². The summed E-state index contributed by atoms with van der Waals surface area (Å²) in [6, 6.07) is -2.82. The molecule has 1 saturated heterocycles. The van der Waals surface area contributed by atoms with E-state index < -0.39 is 218 Å². The minimum atomic E-state index is -1.92. The van der Waals surface area contributed by atoms with Crippen LogP contribution in [0.15, 0.2) is 96.8 Å². The topological polar surface area (TPSA) is 787 Å². The van der Waals surface area contributed by atoms with Crippen molar-refractivity contribution < 1.29 is 117 Å². The molecule has 2 bridgehead atoms. The number of benzene rings is 2.